The maximum absolute atomic E-state index is 9.39. The third kappa shape index (κ3) is 1.80. The topological polar surface area (TPSA) is 32.6 Å². The van der Waals surface area contributed by atoms with E-state index >= 15 is 0 Å². The summed E-state index contributed by atoms with van der Waals surface area (Å²) in [6.07, 6.45) is 13.8. The molecule has 0 bridgehead atoms. The van der Waals surface area contributed by atoms with Crippen LogP contribution in [0.2, 0.25) is 0 Å². The number of nitrogens with zero attached hydrogens (tertiary/aromatic N) is 1. The Hall–Kier alpha value is -0.530. The highest BCUT2D eigenvalue weighted by molar-refractivity contribution is 5.91. The largest absolute Gasteiger partial charge is 0.411 e. The molecule has 0 amide bonds. The van der Waals surface area contributed by atoms with E-state index in [2.05, 4.69) is 19.0 Å². The molecule has 4 saturated carbocycles. The van der Waals surface area contributed by atoms with Crippen molar-refractivity contribution in [2.45, 2.75) is 78.1 Å². The fourth-order valence-corrected chi connectivity index (χ4v) is 7.25. The van der Waals surface area contributed by atoms with Gasteiger partial charge in [0.2, 0.25) is 0 Å². The summed E-state index contributed by atoms with van der Waals surface area (Å²) in [6, 6.07) is 0. The van der Waals surface area contributed by atoms with Gasteiger partial charge in [-0.3, -0.25) is 0 Å². The first-order valence-corrected chi connectivity index (χ1v) is 9.31. The third-order valence-corrected chi connectivity index (χ3v) is 8.44. The monoisotopic (exact) mass is 289 g/mol. The first-order chi connectivity index (χ1) is 10.1. The Morgan fingerprint density at radius 3 is 2.62 bits per heavy atom. The molecule has 0 aliphatic heterocycles. The summed E-state index contributed by atoms with van der Waals surface area (Å²) in [6.45, 7) is 5.03. The Morgan fingerprint density at radius 1 is 0.952 bits per heavy atom. The quantitative estimate of drug-likeness (QED) is 0.479. The van der Waals surface area contributed by atoms with Crippen molar-refractivity contribution in [2.75, 3.05) is 0 Å². The van der Waals surface area contributed by atoms with Crippen molar-refractivity contribution >= 4 is 5.71 Å². The number of hydrogen-bond acceptors (Lipinski definition) is 2. The Bertz CT molecular complexity index is 458. The number of oxime groups is 1. The van der Waals surface area contributed by atoms with Crippen molar-refractivity contribution in [1.82, 2.24) is 0 Å². The molecule has 0 aromatic carbocycles. The maximum atomic E-state index is 9.39. The molecule has 0 aromatic rings. The molecule has 1 N–H and O–H groups in total. The van der Waals surface area contributed by atoms with Crippen molar-refractivity contribution in [3.05, 3.63) is 0 Å². The standard InChI is InChI=1S/C19H31NO/c1-18-11-4-3-5-13(18)6-7-14-15-8-9-17(20-21)19(15,2)12-10-16(14)18/h13-16,21H,3-12H2,1-2H3/b20-17-/t13-,14-,15+,16-,18+,19-/m0/s1. The predicted octanol–water partition coefficient (Wildman–Crippen LogP) is 5.25. The Labute approximate surface area is 129 Å². The molecule has 4 aliphatic rings. The van der Waals surface area contributed by atoms with Crippen LogP contribution in [0.25, 0.3) is 0 Å². The van der Waals surface area contributed by atoms with Gasteiger partial charge in [-0.15, -0.1) is 0 Å². The minimum absolute atomic E-state index is 0.216. The van der Waals surface area contributed by atoms with Crippen molar-refractivity contribution in [2.24, 2.45) is 39.7 Å². The van der Waals surface area contributed by atoms with Gasteiger partial charge in [0.1, 0.15) is 0 Å². The van der Waals surface area contributed by atoms with Crippen LogP contribution in [-0.2, 0) is 0 Å². The molecule has 0 spiro atoms. The van der Waals surface area contributed by atoms with Crippen LogP contribution in [0.5, 0.6) is 0 Å². The molecule has 0 heterocycles. The Kier molecular flexibility index (Phi) is 3.17. The van der Waals surface area contributed by atoms with Crippen LogP contribution in [-0.4, -0.2) is 10.9 Å². The first-order valence-electron chi connectivity index (χ1n) is 9.31. The van der Waals surface area contributed by atoms with Gasteiger partial charge in [-0.1, -0.05) is 31.8 Å². The normalized spacial score (nSPS) is 54.9. The van der Waals surface area contributed by atoms with E-state index < -0.39 is 0 Å². The summed E-state index contributed by atoms with van der Waals surface area (Å²) in [5.41, 5.74) is 1.96. The van der Waals surface area contributed by atoms with E-state index in [0.717, 1.165) is 35.8 Å². The van der Waals surface area contributed by atoms with Crippen LogP contribution in [0, 0.1) is 34.5 Å². The van der Waals surface area contributed by atoms with E-state index in [4.69, 9.17) is 0 Å². The van der Waals surface area contributed by atoms with Crippen molar-refractivity contribution < 1.29 is 5.21 Å². The first kappa shape index (κ1) is 14.1. The number of rotatable bonds is 0. The second kappa shape index (κ2) is 4.73. The van der Waals surface area contributed by atoms with E-state index in [1.54, 1.807) is 0 Å². The minimum Gasteiger partial charge on any atom is -0.411 e. The lowest BCUT2D eigenvalue weighted by Crippen LogP contribution is -2.52. The van der Waals surface area contributed by atoms with Crippen LogP contribution < -0.4 is 0 Å². The molecule has 4 aliphatic carbocycles. The second-order valence-electron chi connectivity index (χ2n) is 8.94. The fraction of sp³-hybridized carbons (Fsp3) is 0.947. The zero-order chi connectivity index (χ0) is 14.7. The number of hydrogen-bond donors (Lipinski definition) is 1. The second-order valence-corrected chi connectivity index (χ2v) is 8.94. The van der Waals surface area contributed by atoms with Gasteiger partial charge in [0.15, 0.2) is 0 Å². The molecule has 6 atom stereocenters. The molecule has 4 rings (SSSR count). The lowest BCUT2D eigenvalue weighted by molar-refractivity contribution is -0.0938. The third-order valence-electron chi connectivity index (χ3n) is 8.44. The molecule has 2 nitrogen and oxygen atoms in total. The lowest BCUT2D eigenvalue weighted by Gasteiger charge is -2.59. The fourth-order valence-electron chi connectivity index (χ4n) is 7.25. The van der Waals surface area contributed by atoms with Crippen molar-refractivity contribution in [1.29, 1.82) is 0 Å². The predicted molar refractivity (Wildman–Crippen MR) is 85.6 cm³/mol. The van der Waals surface area contributed by atoms with Crippen LogP contribution >= 0.6 is 0 Å². The highest BCUT2D eigenvalue weighted by Crippen LogP contribution is 2.65. The highest BCUT2D eigenvalue weighted by Gasteiger charge is 2.59. The molecule has 0 unspecified atom stereocenters. The molecule has 118 valence electrons. The Balaban J connectivity index is 1.66. The number of fused-ring (bicyclic) bond motifs is 5. The maximum Gasteiger partial charge on any atom is 0.0632 e. The summed E-state index contributed by atoms with van der Waals surface area (Å²) < 4.78 is 0. The van der Waals surface area contributed by atoms with Gasteiger partial charge < -0.3 is 5.21 Å². The summed E-state index contributed by atoms with van der Waals surface area (Å²) in [5.74, 6) is 3.65. The molecule has 4 fully saturated rings. The van der Waals surface area contributed by atoms with Gasteiger partial charge in [-0.05, 0) is 80.5 Å². The smallest absolute Gasteiger partial charge is 0.0632 e. The Morgan fingerprint density at radius 2 is 1.81 bits per heavy atom. The van der Waals surface area contributed by atoms with E-state index in [0.29, 0.717) is 5.41 Å². The summed E-state index contributed by atoms with van der Waals surface area (Å²) in [7, 11) is 0. The van der Waals surface area contributed by atoms with Crippen molar-refractivity contribution in [3.8, 4) is 0 Å². The van der Waals surface area contributed by atoms with Crippen LogP contribution in [0.1, 0.15) is 78.1 Å². The average molecular weight is 289 g/mol. The van der Waals surface area contributed by atoms with Gasteiger partial charge in [0.05, 0.1) is 5.71 Å². The summed E-state index contributed by atoms with van der Waals surface area (Å²) >= 11 is 0. The molecule has 0 aromatic heterocycles. The van der Waals surface area contributed by atoms with E-state index in [1.165, 1.54) is 57.8 Å². The molecule has 2 heteroatoms. The van der Waals surface area contributed by atoms with Gasteiger partial charge in [0.25, 0.3) is 0 Å². The lowest BCUT2D eigenvalue weighted by atomic mass is 9.45. The summed E-state index contributed by atoms with van der Waals surface area (Å²) in [4.78, 5) is 0. The van der Waals surface area contributed by atoms with E-state index in [1.807, 2.05) is 0 Å². The zero-order valence-corrected chi connectivity index (χ0v) is 13.8. The van der Waals surface area contributed by atoms with Crippen LogP contribution in [0.3, 0.4) is 0 Å². The minimum atomic E-state index is 0.216. The zero-order valence-electron chi connectivity index (χ0n) is 13.8. The highest BCUT2D eigenvalue weighted by atomic mass is 16.4. The van der Waals surface area contributed by atoms with Gasteiger partial charge in [-0.2, -0.15) is 0 Å². The SMILES string of the molecule is C[C@@]12CCCC[C@H]1CC[C@H]1[C@H]3CC/C(=N/O)[C@@]3(C)CC[C@@H]12. The van der Waals surface area contributed by atoms with E-state index in [9.17, 15) is 5.21 Å². The summed E-state index contributed by atoms with van der Waals surface area (Å²) in [5, 5.41) is 13.1. The van der Waals surface area contributed by atoms with Crippen molar-refractivity contribution in [3.63, 3.8) is 0 Å². The van der Waals surface area contributed by atoms with Gasteiger partial charge in [-0.25, -0.2) is 0 Å². The van der Waals surface area contributed by atoms with E-state index in [-0.39, 0.29) is 5.41 Å². The molecular weight excluding hydrogens is 258 g/mol. The van der Waals surface area contributed by atoms with Gasteiger partial charge >= 0.3 is 0 Å². The van der Waals surface area contributed by atoms with Gasteiger partial charge in [0, 0.05) is 5.41 Å². The molecular formula is C19H31NO. The molecule has 21 heavy (non-hydrogen) atoms. The average Bonchev–Trinajstić information content (AvgIpc) is 2.83. The van der Waals surface area contributed by atoms with Crippen LogP contribution in [0.4, 0.5) is 0 Å². The molecule has 0 radical (unpaired) electrons. The molecule has 0 saturated heterocycles. The van der Waals surface area contributed by atoms with Crippen LogP contribution in [0.15, 0.2) is 5.16 Å².